The van der Waals surface area contributed by atoms with Gasteiger partial charge in [0.2, 0.25) is 0 Å². The molecule has 1 atom stereocenters. The van der Waals surface area contributed by atoms with Crippen LogP contribution in [0.25, 0.3) is 0 Å². The molecule has 2 heterocycles. The summed E-state index contributed by atoms with van der Waals surface area (Å²) in [6.45, 7) is 4.69. The van der Waals surface area contributed by atoms with Gasteiger partial charge in [0.05, 0.1) is 5.69 Å². The maximum Gasteiger partial charge on any atom is 0.270 e. The molecule has 106 valence electrons. The number of amides is 1. The van der Waals surface area contributed by atoms with Crippen LogP contribution in [0.4, 0.5) is 5.69 Å². The van der Waals surface area contributed by atoms with Crippen molar-refractivity contribution in [1.29, 1.82) is 0 Å². The van der Waals surface area contributed by atoms with Gasteiger partial charge < -0.3 is 20.1 Å². The summed E-state index contributed by atoms with van der Waals surface area (Å²) < 4.78 is 1.91. The largest absolute Gasteiger partial charge is 0.397 e. The number of aromatic nitrogens is 1. The van der Waals surface area contributed by atoms with Crippen molar-refractivity contribution in [3.8, 4) is 0 Å². The molecule has 1 fully saturated rings. The molecule has 0 spiro atoms. The van der Waals surface area contributed by atoms with E-state index < -0.39 is 0 Å². The molecule has 1 aromatic rings. The molecule has 5 nitrogen and oxygen atoms in total. The first-order valence-corrected chi connectivity index (χ1v) is 6.94. The van der Waals surface area contributed by atoms with E-state index in [9.17, 15) is 4.79 Å². The number of nitrogen functional groups attached to an aromatic ring is 1. The maximum absolute atomic E-state index is 12.5. The van der Waals surface area contributed by atoms with Crippen LogP contribution in [0.1, 0.15) is 30.3 Å². The van der Waals surface area contributed by atoms with Gasteiger partial charge in [0.25, 0.3) is 5.91 Å². The predicted octanol–water partition coefficient (Wildman–Crippen LogP) is 1.26. The number of rotatable bonds is 4. The Labute approximate surface area is 115 Å². The summed E-state index contributed by atoms with van der Waals surface area (Å²) in [6.07, 6.45) is 4.22. The average molecular weight is 264 g/mol. The lowest BCUT2D eigenvalue weighted by molar-refractivity contribution is 0.0751. The van der Waals surface area contributed by atoms with Gasteiger partial charge in [-0.05, 0) is 39.4 Å². The molecule has 0 radical (unpaired) electrons. The Morgan fingerprint density at radius 1 is 1.58 bits per heavy atom. The Hall–Kier alpha value is -1.49. The quantitative estimate of drug-likeness (QED) is 0.890. The number of likely N-dealkylation sites (N-methyl/N-ethyl adjacent to an activating group) is 2. The lowest BCUT2D eigenvalue weighted by Gasteiger charge is -2.26. The fourth-order valence-corrected chi connectivity index (χ4v) is 2.78. The van der Waals surface area contributed by atoms with Gasteiger partial charge in [0.1, 0.15) is 5.69 Å². The molecule has 0 saturated carbocycles. The number of aryl methyl sites for hydroxylation is 1. The van der Waals surface area contributed by atoms with Crippen LogP contribution in [0.3, 0.4) is 0 Å². The van der Waals surface area contributed by atoms with Crippen LogP contribution in [0.2, 0.25) is 0 Å². The highest BCUT2D eigenvalue weighted by Gasteiger charge is 2.25. The Morgan fingerprint density at radius 2 is 2.32 bits per heavy atom. The lowest BCUT2D eigenvalue weighted by Crippen LogP contribution is -2.40. The van der Waals surface area contributed by atoms with Crippen molar-refractivity contribution in [2.75, 3.05) is 32.9 Å². The topological polar surface area (TPSA) is 54.5 Å². The van der Waals surface area contributed by atoms with Crippen LogP contribution in [-0.2, 0) is 6.54 Å². The van der Waals surface area contributed by atoms with Crippen LogP contribution in [0.15, 0.2) is 12.3 Å². The van der Waals surface area contributed by atoms with E-state index in [4.69, 9.17) is 5.73 Å². The van der Waals surface area contributed by atoms with Gasteiger partial charge in [-0.15, -0.1) is 0 Å². The van der Waals surface area contributed by atoms with Crippen LogP contribution < -0.4 is 5.73 Å². The molecular weight excluding hydrogens is 240 g/mol. The van der Waals surface area contributed by atoms with Gasteiger partial charge in [-0.3, -0.25) is 4.79 Å². The van der Waals surface area contributed by atoms with Crippen molar-refractivity contribution < 1.29 is 4.79 Å². The summed E-state index contributed by atoms with van der Waals surface area (Å²) in [4.78, 5) is 16.6. The zero-order valence-electron chi connectivity index (χ0n) is 12.1. The fourth-order valence-electron chi connectivity index (χ4n) is 2.78. The monoisotopic (exact) mass is 264 g/mol. The summed E-state index contributed by atoms with van der Waals surface area (Å²) in [5, 5.41) is 0. The van der Waals surface area contributed by atoms with Crippen molar-refractivity contribution in [3.63, 3.8) is 0 Å². The second kappa shape index (κ2) is 5.65. The van der Waals surface area contributed by atoms with Crippen LogP contribution in [-0.4, -0.2) is 53.5 Å². The number of nitrogens with two attached hydrogens (primary N) is 1. The van der Waals surface area contributed by atoms with Gasteiger partial charge in [-0.2, -0.15) is 0 Å². The molecule has 1 saturated heterocycles. The molecule has 1 aromatic heterocycles. The van der Waals surface area contributed by atoms with E-state index in [0.29, 0.717) is 17.4 Å². The molecule has 0 aromatic carbocycles. The summed E-state index contributed by atoms with van der Waals surface area (Å²) in [5.74, 6) is 0.0545. The molecule has 2 N–H and O–H groups in total. The average Bonchev–Trinajstić information content (AvgIpc) is 2.95. The Bertz CT molecular complexity index is 454. The van der Waals surface area contributed by atoms with E-state index in [1.165, 1.54) is 12.8 Å². The fraction of sp³-hybridized carbons (Fsp3) is 0.643. The first-order chi connectivity index (χ1) is 9.02. The second-order valence-electron chi connectivity index (χ2n) is 5.41. The number of hydrogen-bond donors (Lipinski definition) is 1. The van der Waals surface area contributed by atoms with Gasteiger partial charge in [0, 0.05) is 32.4 Å². The Morgan fingerprint density at radius 3 is 2.89 bits per heavy atom. The van der Waals surface area contributed by atoms with Gasteiger partial charge in [-0.1, -0.05) is 0 Å². The zero-order valence-corrected chi connectivity index (χ0v) is 12.1. The Balaban J connectivity index is 2.05. The van der Waals surface area contributed by atoms with E-state index in [2.05, 4.69) is 11.9 Å². The smallest absolute Gasteiger partial charge is 0.270 e. The van der Waals surface area contributed by atoms with E-state index in [1.807, 2.05) is 29.6 Å². The second-order valence-corrected chi connectivity index (χ2v) is 5.41. The van der Waals surface area contributed by atoms with Crippen molar-refractivity contribution >= 4 is 11.6 Å². The summed E-state index contributed by atoms with van der Waals surface area (Å²) in [5.41, 5.74) is 7.11. The minimum Gasteiger partial charge on any atom is -0.397 e. The van der Waals surface area contributed by atoms with Crippen LogP contribution >= 0.6 is 0 Å². The van der Waals surface area contributed by atoms with Crippen LogP contribution in [0, 0.1) is 0 Å². The van der Waals surface area contributed by atoms with Crippen LogP contribution in [0.5, 0.6) is 0 Å². The number of nitrogens with zero attached hydrogens (tertiary/aromatic N) is 3. The summed E-state index contributed by atoms with van der Waals surface area (Å²) in [6, 6.07) is 2.25. The number of likely N-dealkylation sites (tertiary alicyclic amines) is 1. The van der Waals surface area contributed by atoms with E-state index >= 15 is 0 Å². The lowest BCUT2D eigenvalue weighted by atomic mass is 10.2. The van der Waals surface area contributed by atoms with E-state index in [0.717, 1.165) is 19.6 Å². The molecule has 1 unspecified atom stereocenters. The SMILES string of the molecule is CCn1cc(N)cc1C(=O)N(C)CC1CCCN1C. The summed E-state index contributed by atoms with van der Waals surface area (Å²) in [7, 11) is 4.00. The predicted molar refractivity (Wildman–Crippen MR) is 77.1 cm³/mol. The number of hydrogen-bond acceptors (Lipinski definition) is 3. The third kappa shape index (κ3) is 2.92. The molecule has 1 aliphatic heterocycles. The van der Waals surface area contributed by atoms with E-state index in [1.54, 1.807) is 6.07 Å². The highest BCUT2D eigenvalue weighted by molar-refractivity contribution is 5.93. The van der Waals surface area contributed by atoms with Crippen molar-refractivity contribution in [2.24, 2.45) is 0 Å². The van der Waals surface area contributed by atoms with Gasteiger partial charge in [0.15, 0.2) is 0 Å². The molecule has 0 bridgehead atoms. The highest BCUT2D eigenvalue weighted by atomic mass is 16.2. The van der Waals surface area contributed by atoms with Crippen molar-refractivity contribution in [3.05, 3.63) is 18.0 Å². The van der Waals surface area contributed by atoms with E-state index in [-0.39, 0.29) is 5.91 Å². The molecule has 5 heteroatoms. The molecular formula is C14H24N4O. The third-order valence-corrected chi connectivity index (χ3v) is 3.98. The number of carbonyl (C=O) groups excluding carboxylic acids is 1. The molecule has 2 rings (SSSR count). The number of anilines is 1. The standard InChI is InChI=1S/C14H24N4O/c1-4-18-9-11(15)8-13(18)14(19)17(3)10-12-6-5-7-16(12)2/h8-9,12H,4-7,10,15H2,1-3H3. The molecule has 19 heavy (non-hydrogen) atoms. The normalized spacial score (nSPS) is 19.8. The van der Waals surface area contributed by atoms with Gasteiger partial charge in [-0.25, -0.2) is 0 Å². The number of carbonyl (C=O) groups is 1. The molecule has 0 aliphatic carbocycles. The Kier molecular flexibility index (Phi) is 4.14. The first kappa shape index (κ1) is 13.9. The minimum absolute atomic E-state index is 0.0545. The summed E-state index contributed by atoms with van der Waals surface area (Å²) >= 11 is 0. The zero-order chi connectivity index (χ0) is 14.0. The molecule has 1 amide bonds. The third-order valence-electron chi connectivity index (χ3n) is 3.98. The van der Waals surface area contributed by atoms with Crippen molar-refractivity contribution in [2.45, 2.75) is 32.4 Å². The van der Waals surface area contributed by atoms with Gasteiger partial charge >= 0.3 is 0 Å². The molecule has 1 aliphatic rings. The minimum atomic E-state index is 0.0545. The maximum atomic E-state index is 12.5. The first-order valence-electron chi connectivity index (χ1n) is 6.94. The highest BCUT2D eigenvalue weighted by Crippen LogP contribution is 2.17. The van der Waals surface area contributed by atoms with Crippen molar-refractivity contribution in [1.82, 2.24) is 14.4 Å².